The monoisotopic (exact) mass is 557 g/mol. The molecule has 0 saturated heterocycles. The molecule has 0 aliphatic heterocycles. The van der Waals surface area contributed by atoms with Crippen molar-refractivity contribution in [3.63, 3.8) is 0 Å². The molecule has 0 amide bonds. The molecular formula is C37H20ClN3O. The van der Waals surface area contributed by atoms with Gasteiger partial charge in [-0.3, -0.25) is 0 Å². The molecule has 4 nitrogen and oxygen atoms in total. The standard InChI is InChI=1S/C37H20ClN3O/c38-37-40-35(23-6-2-1-3-7-23)39-36(41-37)29-10-5-11-30-34(29)28-17-16-24(20-31(28)42-30)27-18-25-14-12-21-8-4-9-22-13-15-26(19-27)33(25)32(21)22/h1-20H. The molecule has 0 aliphatic rings. The molecular weight excluding hydrogens is 538 g/mol. The second kappa shape index (κ2) is 8.84. The van der Waals surface area contributed by atoms with E-state index in [-0.39, 0.29) is 5.28 Å². The molecule has 0 radical (unpaired) electrons. The first-order valence-electron chi connectivity index (χ1n) is 13.8. The van der Waals surface area contributed by atoms with Crippen molar-refractivity contribution in [1.82, 2.24) is 15.0 Å². The van der Waals surface area contributed by atoms with Crippen molar-refractivity contribution in [2.45, 2.75) is 0 Å². The van der Waals surface area contributed by atoms with Crippen LogP contribution in [-0.4, -0.2) is 15.0 Å². The molecule has 7 aromatic carbocycles. The maximum absolute atomic E-state index is 6.41. The Hall–Kier alpha value is -5.32. The Bertz CT molecular complexity index is 2420. The van der Waals surface area contributed by atoms with Crippen molar-refractivity contribution in [2.75, 3.05) is 0 Å². The van der Waals surface area contributed by atoms with E-state index >= 15 is 0 Å². The van der Waals surface area contributed by atoms with Crippen LogP contribution in [0.4, 0.5) is 0 Å². The Labute approximate surface area is 245 Å². The zero-order valence-corrected chi connectivity index (χ0v) is 22.9. The van der Waals surface area contributed by atoms with E-state index in [1.165, 1.54) is 32.3 Å². The van der Waals surface area contributed by atoms with Gasteiger partial charge in [-0.2, -0.15) is 9.97 Å². The van der Waals surface area contributed by atoms with Crippen LogP contribution in [0.2, 0.25) is 5.28 Å². The summed E-state index contributed by atoms with van der Waals surface area (Å²) in [6.07, 6.45) is 0. The van der Waals surface area contributed by atoms with Gasteiger partial charge in [0.05, 0.1) is 0 Å². The maximum atomic E-state index is 6.41. The highest BCUT2D eigenvalue weighted by atomic mass is 35.5. The number of furan rings is 1. The number of hydrogen-bond acceptors (Lipinski definition) is 4. The van der Waals surface area contributed by atoms with Crippen molar-refractivity contribution in [3.8, 4) is 33.9 Å². The van der Waals surface area contributed by atoms with Crippen molar-refractivity contribution in [1.29, 1.82) is 0 Å². The summed E-state index contributed by atoms with van der Waals surface area (Å²) in [6.45, 7) is 0. The molecule has 2 aromatic heterocycles. The van der Waals surface area contributed by atoms with Crippen LogP contribution in [0.1, 0.15) is 0 Å². The van der Waals surface area contributed by atoms with E-state index in [0.29, 0.717) is 11.6 Å². The van der Waals surface area contributed by atoms with Gasteiger partial charge in [0.2, 0.25) is 5.28 Å². The Kier molecular flexibility index (Phi) is 4.92. The Balaban J connectivity index is 1.21. The Morgan fingerprint density at radius 3 is 1.93 bits per heavy atom. The maximum Gasteiger partial charge on any atom is 0.226 e. The van der Waals surface area contributed by atoms with Crippen LogP contribution in [0.3, 0.4) is 0 Å². The van der Waals surface area contributed by atoms with Gasteiger partial charge in [0.15, 0.2) is 11.6 Å². The predicted molar refractivity (Wildman–Crippen MR) is 172 cm³/mol. The van der Waals surface area contributed by atoms with Crippen LogP contribution in [0.25, 0.3) is 88.2 Å². The minimum atomic E-state index is 0.153. The number of halogens is 1. The SMILES string of the molecule is Clc1nc(-c2ccccc2)nc(-c2cccc3oc4cc(-c5cc6ccc7cccc8ccc(c5)c6c78)ccc4c23)n1. The average Bonchev–Trinajstić information content (AvgIpc) is 3.42. The first kappa shape index (κ1) is 23.4. The van der Waals surface area contributed by atoms with Gasteiger partial charge in [0.1, 0.15) is 11.2 Å². The second-order valence-corrected chi connectivity index (χ2v) is 11.0. The van der Waals surface area contributed by atoms with Gasteiger partial charge in [-0.1, -0.05) is 91.0 Å². The van der Waals surface area contributed by atoms with E-state index < -0.39 is 0 Å². The molecule has 0 spiro atoms. The normalized spacial score (nSPS) is 11.9. The largest absolute Gasteiger partial charge is 0.456 e. The summed E-state index contributed by atoms with van der Waals surface area (Å²) >= 11 is 6.39. The van der Waals surface area contributed by atoms with Crippen LogP contribution in [0.15, 0.2) is 126 Å². The number of fused-ring (bicyclic) bond motifs is 3. The summed E-state index contributed by atoms with van der Waals surface area (Å²) < 4.78 is 6.41. The van der Waals surface area contributed by atoms with E-state index in [4.69, 9.17) is 21.0 Å². The average molecular weight is 558 g/mol. The molecule has 9 rings (SSSR count). The lowest BCUT2D eigenvalue weighted by molar-refractivity contribution is 0.669. The molecule has 0 fully saturated rings. The molecule has 0 saturated carbocycles. The quantitative estimate of drug-likeness (QED) is 0.203. The summed E-state index contributed by atoms with van der Waals surface area (Å²) in [6, 6.07) is 42.1. The molecule has 0 bridgehead atoms. The minimum absolute atomic E-state index is 0.153. The summed E-state index contributed by atoms with van der Waals surface area (Å²) in [5.41, 5.74) is 5.56. The topological polar surface area (TPSA) is 51.8 Å². The van der Waals surface area contributed by atoms with Crippen LogP contribution in [-0.2, 0) is 0 Å². The molecule has 9 aromatic rings. The van der Waals surface area contributed by atoms with E-state index in [1.54, 1.807) is 0 Å². The van der Waals surface area contributed by atoms with Gasteiger partial charge in [-0.15, -0.1) is 0 Å². The first-order valence-corrected chi connectivity index (χ1v) is 14.2. The fourth-order valence-electron chi connectivity index (χ4n) is 6.30. The number of hydrogen-bond donors (Lipinski definition) is 0. The third kappa shape index (κ3) is 3.52. The van der Waals surface area contributed by atoms with Crippen molar-refractivity contribution < 1.29 is 4.42 Å². The van der Waals surface area contributed by atoms with Gasteiger partial charge < -0.3 is 4.42 Å². The lowest BCUT2D eigenvalue weighted by Crippen LogP contribution is -1.97. The fraction of sp³-hybridized carbons (Fsp3) is 0. The Morgan fingerprint density at radius 1 is 0.452 bits per heavy atom. The zero-order valence-electron chi connectivity index (χ0n) is 22.2. The third-order valence-electron chi connectivity index (χ3n) is 8.17. The summed E-state index contributed by atoms with van der Waals surface area (Å²) in [5.74, 6) is 1.05. The number of nitrogens with zero attached hydrogens (tertiary/aromatic N) is 3. The number of aromatic nitrogens is 3. The lowest BCUT2D eigenvalue weighted by Gasteiger charge is -2.12. The molecule has 5 heteroatoms. The smallest absolute Gasteiger partial charge is 0.226 e. The number of rotatable bonds is 3. The summed E-state index contributed by atoms with van der Waals surface area (Å²) in [7, 11) is 0. The van der Waals surface area contributed by atoms with E-state index in [1.807, 2.05) is 48.5 Å². The van der Waals surface area contributed by atoms with Gasteiger partial charge in [-0.05, 0) is 85.4 Å². The van der Waals surface area contributed by atoms with Crippen molar-refractivity contribution in [2.24, 2.45) is 0 Å². The third-order valence-corrected chi connectivity index (χ3v) is 8.34. The minimum Gasteiger partial charge on any atom is -0.456 e. The zero-order chi connectivity index (χ0) is 27.8. The molecule has 2 heterocycles. The highest BCUT2D eigenvalue weighted by molar-refractivity contribution is 6.28. The first-order chi connectivity index (χ1) is 20.7. The fourth-order valence-corrected chi connectivity index (χ4v) is 6.46. The summed E-state index contributed by atoms with van der Waals surface area (Å²) in [5, 5.41) is 9.76. The molecule has 42 heavy (non-hydrogen) atoms. The van der Waals surface area contributed by atoms with E-state index in [2.05, 4.69) is 82.8 Å². The lowest BCUT2D eigenvalue weighted by atomic mass is 9.91. The second-order valence-electron chi connectivity index (χ2n) is 10.6. The van der Waals surface area contributed by atoms with Crippen LogP contribution < -0.4 is 0 Å². The molecule has 0 atom stereocenters. The molecule has 0 aliphatic carbocycles. The van der Waals surface area contributed by atoms with Gasteiger partial charge in [0, 0.05) is 21.9 Å². The molecule has 196 valence electrons. The van der Waals surface area contributed by atoms with Gasteiger partial charge >= 0.3 is 0 Å². The Morgan fingerprint density at radius 2 is 1.14 bits per heavy atom. The van der Waals surface area contributed by atoms with Crippen LogP contribution >= 0.6 is 11.6 Å². The van der Waals surface area contributed by atoms with Gasteiger partial charge in [0.25, 0.3) is 0 Å². The highest BCUT2D eigenvalue weighted by Crippen LogP contribution is 2.40. The van der Waals surface area contributed by atoms with Crippen LogP contribution in [0.5, 0.6) is 0 Å². The van der Waals surface area contributed by atoms with Crippen LogP contribution in [0, 0.1) is 0 Å². The van der Waals surface area contributed by atoms with E-state index in [9.17, 15) is 0 Å². The number of benzene rings is 7. The van der Waals surface area contributed by atoms with Crippen molar-refractivity contribution >= 4 is 65.9 Å². The molecule has 0 unspecified atom stereocenters. The van der Waals surface area contributed by atoms with Gasteiger partial charge in [-0.25, -0.2) is 4.98 Å². The summed E-state index contributed by atoms with van der Waals surface area (Å²) in [4.78, 5) is 13.7. The van der Waals surface area contributed by atoms with E-state index in [0.717, 1.165) is 44.2 Å². The molecule has 0 N–H and O–H groups in total. The van der Waals surface area contributed by atoms with Crippen molar-refractivity contribution in [3.05, 3.63) is 127 Å². The highest BCUT2D eigenvalue weighted by Gasteiger charge is 2.18. The predicted octanol–water partition coefficient (Wildman–Crippen LogP) is 10.3.